The minimum Gasteiger partial charge on any atom is -0.508 e. The number of benzene rings is 2. The van der Waals surface area contributed by atoms with Crippen molar-refractivity contribution in [3.8, 4) is 22.8 Å². The fourth-order valence-electron chi connectivity index (χ4n) is 5.13. The highest BCUT2D eigenvalue weighted by atomic mass is 16.5. The highest BCUT2D eigenvalue weighted by Gasteiger charge is 2.41. The van der Waals surface area contributed by atoms with Crippen molar-refractivity contribution in [1.82, 2.24) is 13.7 Å². The number of phenolic OH excluding ortho intramolecular Hbond substituents is 1. The Hall–Kier alpha value is -3.78. The van der Waals surface area contributed by atoms with Gasteiger partial charge in [-0.2, -0.15) is 0 Å². The highest BCUT2D eigenvalue weighted by Crippen LogP contribution is 2.47. The average Bonchev–Trinajstić information content (AvgIpc) is 3.20. The number of nitrogens with zero attached hydrogens (tertiary/aromatic N) is 3. The minimum atomic E-state index is -0.671. The van der Waals surface area contributed by atoms with Gasteiger partial charge in [-0.05, 0) is 62.2 Å². The van der Waals surface area contributed by atoms with Crippen molar-refractivity contribution in [2.24, 2.45) is 14.1 Å². The number of phenols is 1. The van der Waals surface area contributed by atoms with E-state index in [1.54, 1.807) is 20.2 Å². The Balaban J connectivity index is 1.98. The van der Waals surface area contributed by atoms with Gasteiger partial charge >= 0.3 is 5.69 Å². The second kappa shape index (κ2) is 7.88. The van der Waals surface area contributed by atoms with Crippen LogP contribution in [0.1, 0.15) is 36.8 Å². The third-order valence-corrected chi connectivity index (χ3v) is 6.90. The number of aromatic nitrogens is 3. The van der Waals surface area contributed by atoms with E-state index in [1.165, 1.54) is 11.6 Å². The molecule has 1 N–H and O–H groups in total. The van der Waals surface area contributed by atoms with E-state index in [0.29, 0.717) is 40.2 Å². The van der Waals surface area contributed by atoms with E-state index >= 15 is 0 Å². The molecule has 0 saturated carbocycles. The van der Waals surface area contributed by atoms with Crippen LogP contribution < -0.4 is 16.0 Å². The third-order valence-electron chi connectivity index (χ3n) is 6.90. The van der Waals surface area contributed by atoms with Gasteiger partial charge in [0, 0.05) is 19.7 Å². The summed E-state index contributed by atoms with van der Waals surface area (Å²) in [6, 6.07) is 13.0. The molecule has 0 amide bonds. The number of fused-ring (bicyclic) bond motifs is 3. The number of aromatic hydroxyl groups is 1. The Morgan fingerprint density at radius 2 is 1.74 bits per heavy atom. The van der Waals surface area contributed by atoms with Gasteiger partial charge in [0.2, 0.25) is 0 Å². The first-order valence-corrected chi connectivity index (χ1v) is 11.5. The fourth-order valence-corrected chi connectivity index (χ4v) is 5.13. The summed E-state index contributed by atoms with van der Waals surface area (Å²) in [4.78, 5) is 26.7. The maximum absolute atomic E-state index is 13.6. The molecule has 1 unspecified atom stereocenters. The van der Waals surface area contributed by atoms with Crippen molar-refractivity contribution < 1.29 is 14.6 Å². The maximum Gasteiger partial charge on any atom is 0.331 e. The lowest BCUT2D eigenvalue weighted by Gasteiger charge is -2.39. The van der Waals surface area contributed by atoms with Crippen LogP contribution in [0.3, 0.4) is 0 Å². The van der Waals surface area contributed by atoms with Crippen molar-refractivity contribution in [1.29, 1.82) is 0 Å². The van der Waals surface area contributed by atoms with Crippen LogP contribution in [0.2, 0.25) is 0 Å². The summed E-state index contributed by atoms with van der Waals surface area (Å²) in [6.45, 7) is 6.32. The molecule has 1 aliphatic heterocycles. The zero-order valence-corrected chi connectivity index (χ0v) is 20.7. The largest absolute Gasteiger partial charge is 0.508 e. The molecule has 0 fully saturated rings. The number of rotatable bonds is 3. The zero-order valence-electron chi connectivity index (χ0n) is 20.7. The van der Waals surface area contributed by atoms with Gasteiger partial charge in [-0.3, -0.25) is 13.9 Å². The molecule has 1 atom stereocenters. The Labute approximate surface area is 202 Å². The fraction of sp³-hybridized carbons (Fsp3) is 0.333. The summed E-state index contributed by atoms with van der Waals surface area (Å²) in [7, 11) is 4.76. The molecule has 0 bridgehead atoms. The number of aryl methyl sites for hydroxylation is 2. The monoisotopic (exact) mass is 475 g/mol. The summed E-state index contributed by atoms with van der Waals surface area (Å²) in [6.07, 6.45) is -0.671. The van der Waals surface area contributed by atoms with Crippen LogP contribution in [0, 0.1) is 6.92 Å². The van der Waals surface area contributed by atoms with Crippen LogP contribution in [0.5, 0.6) is 11.5 Å². The molecule has 0 saturated heterocycles. The van der Waals surface area contributed by atoms with E-state index in [9.17, 15) is 14.7 Å². The second-order valence-corrected chi connectivity index (χ2v) is 9.79. The van der Waals surface area contributed by atoms with E-state index in [1.807, 2.05) is 57.2 Å². The van der Waals surface area contributed by atoms with Crippen LogP contribution in [-0.4, -0.2) is 32.5 Å². The Morgan fingerprint density at radius 3 is 2.37 bits per heavy atom. The molecule has 35 heavy (non-hydrogen) atoms. The SMILES string of the molecule is COc1ccc(-c2c3c(=O)n(C)c(=O)n(C)c3c3n2C(C)(C)COC3c2ccc(C)cc2O)cc1. The van der Waals surface area contributed by atoms with Gasteiger partial charge < -0.3 is 19.1 Å². The summed E-state index contributed by atoms with van der Waals surface area (Å²) < 4.78 is 16.4. The van der Waals surface area contributed by atoms with Gasteiger partial charge in [-0.15, -0.1) is 0 Å². The lowest BCUT2D eigenvalue weighted by Crippen LogP contribution is -2.40. The van der Waals surface area contributed by atoms with Crippen LogP contribution in [0.25, 0.3) is 22.2 Å². The Kier molecular flexibility index (Phi) is 5.18. The molecular formula is C27H29N3O5. The molecule has 1 aliphatic rings. The number of hydrogen-bond acceptors (Lipinski definition) is 5. The van der Waals surface area contributed by atoms with Crippen LogP contribution in [0.15, 0.2) is 52.1 Å². The van der Waals surface area contributed by atoms with E-state index in [0.717, 1.165) is 15.7 Å². The van der Waals surface area contributed by atoms with Crippen molar-refractivity contribution in [2.45, 2.75) is 32.4 Å². The molecule has 0 aliphatic carbocycles. The zero-order chi connectivity index (χ0) is 25.2. The molecule has 8 nitrogen and oxygen atoms in total. The van der Waals surface area contributed by atoms with Crippen LogP contribution in [0.4, 0.5) is 0 Å². The molecule has 182 valence electrons. The molecule has 0 spiro atoms. The van der Waals surface area contributed by atoms with E-state index in [2.05, 4.69) is 4.57 Å². The molecule has 2 aromatic carbocycles. The highest BCUT2D eigenvalue weighted by molar-refractivity contribution is 5.97. The summed E-state index contributed by atoms with van der Waals surface area (Å²) in [5.41, 5.74) is 2.86. The first-order chi connectivity index (χ1) is 16.6. The van der Waals surface area contributed by atoms with Crippen LogP contribution >= 0.6 is 0 Å². The van der Waals surface area contributed by atoms with E-state index in [4.69, 9.17) is 9.47 Å². The average molecular weight is 476 g/mol. The molecule has 0 radical (unpaired) electrons. The second-order valence-electron chi connectivity index (χ2n) is 9.79. The molecule has 8 heteroatoms. The minimum absolute atomic E-state index is 0.107. The third kappa shape index (κ3) is 3.31. The molecular weight excluding hydrogens is 446 g/mol. The first-order valence-electron chi connectivity index (χ1n) is 11.5. The smallest absolute Gasteiger partial charge is 0.331 e. The van der Waals surface area contributed by atoms with Crippen molar-refractivity contribution in [2.75, 3.05) is 13.7 Å². The van der Waals surface area contributed by atoms with Gasteiger partial charge in [0.05, 0.1) is 41.5 Å². The van der Waals surface area contributed by atoms with Crippen molar-refractivity contribution in [3.05, 3.63) is 80.1 Å². The molecule has 2 aromatic heterocycles. The number of methoxy groups -OCH3 is 1. The Bertz CT molecular complexity index is 1590. The predicted octanol–water partition coefficient (Wildman–Crippen LogP) is 3.58. The Morgan fingerprint density at radius 1 is 1.06 bits per heavy atom. The lowest BCUT2D eigenvalue weighted by atomic mass is 9.97. The van der Waals surface area contributed by atoms with E-state index in [-0.39, 0.29) is 11.3 Å². The first kappa shape index (κ1) is 23.0. The van der Waals surface area contributed by atoms with Crippen molar-refractivity contribution >= 4 is 10.9 Å². The predicted molar refractivity (Wildman–Crippen MR) is 134 cm³/mol. The normalized spacial score (nSPS) is 16.9. The van der Waals surface area contributed by atoms with Gasteiger partial charge in [0.25, 0.3) is 5.56 Å². The quantitative estimate of drug-likeness (QED) is 0.489. The molecule has 5 rings (SSSR count). The number of ether oxygens (including phenoxy) is 2. The summed E-state index contributed by atoms with van der Waals surface area (Å²) in [5.74, 6) is 0.810. The van der Waals surface area contributed by atoms with Gasteiger partial charge in [-0.25, -0.2) is 4.79 Å². The maximum atomic E-state index is 13.6. The molecule has 4 aromatic rings. The standard InChI is InChI=1S/C27H29N3O5/c1-15-7-12-18(19(31)13-15)24-23-22-20(25(32)29(5)26(33)28(22)4)21(30(23)27(2,3)14-35-24)16-8-10-17(34-6)11-9-16/h7-13,24,31H,14H2,1-6H3. The van der Waals surface area contributed by atoms with Crippen LogP contribution in [-0.2, 0) is 24.4 Å². The summed E-state index contributed by atoms with van der Waals surface area (Å²) >= 11 is 0. The van der Waals surface area contributed by atoms with E-state index < -0.39 is 17.3 Å². The van der Waals surface area contributed by atoms with Gasteiger partial charge in [-0.1, -0.05) is 12.1 Å². The van der Waals surface area contributed by atoms with Crippen molar-refractivity contribution in [3.63, 3.8) is 0 Å². The molecule has 3 heterocycles. The van der Waals surface area contributed by atoms with Gasteiger partial charge in [0.15, 0.2) is 0 Å². The number of hydrogen-bond donors (Lipinski definition) is 1. The summed E-state index contributed by atoms with van der Waals surface area (Å²) in [5, 5.41) is 11.3. The van der Waals surface area contributed by atoms with Gasteiger partial charge in [0.1, 0.15) is 17.6 Å². The topological polar surface area (TPSA) is 87.6 Å². The lowest BCUT2D eigenvalue weighted by molar-refractivity contribution is -0.00799.